The van der Waals surface area contributed by atoms with Gasteiger partial charge in [0.2, 0.25) is 5.91 Å². The number of hydrogen-bond donors (Lipinski definition) is 2. The smallest absolute Gasteiger partial charge is 0.230 e. The summed E-state index contributed by atoms with van der Waals surface area (Å²) in [5.74, 6) is -0.447. The Morgan fingerprint density at radius 3 is 2.81 bits per heavy atom. The van der Waals surface area contributed by atoms with Crippen molar-refractivity contribution in [2.24, 2.45) is 11.7 Å². The zero-order valence-corrected chi connectivity index (χ0v) is 10.7. The molecule has 0 aromatic heterocycles. The Kier molecular flexibility index (Phi) is 4.68. The highest BCUT2D eigenvalue weighted by Gasteiger charge is 2.32. The standard InChI is InChI=1S/C11H20N2O2S/c1-3-8(9(12)16)10(14)13-11(2)5-4-6-15-7-11/h8H,3-7H2,1-2H3,(H2,12,16)(H,13,14). The van der Waals surface area contributed by atoms with Crippen LogP contribution < -0.4 is 11.1 Å². The Morgan fingerprint density at radius 1 is 1.69 bits per heavy atom. The lowest BCUT2D eigenvalue weighted by atomic mass is 9.93. The summed E-state index contributed by atoms with van der Waals surface area (Å²) in [7, 11) is 0. The molecule has 1 saturated heterocycles. The van der Waals surface area contributed by atoms with Gasteiger partial charge in [-0.1, -0.05) is 19.1 Å². The van der Waals surface area contributed by atoms with Crippen LogP contribution in [0.2, 0.25) is 0 Å². The number of nitrogens with one attached hydrogen (secondary N) is 1. The lowest BCUT2D eigenvalue weighted by Crippen LogP contribution is -2.54. The maximum atomic E-state index is 12.0. The van der Waals surface area contributed by atoms with Gasteiger partial charge in [0.15, 0.2) is 0 Å². The number of amides is 1. The summed E-state index contributed by atoms with van der Waals surface area (Å²) < 4.78 is 5.38. The minimum Gasteiger partial charge on any atom is -0.393 e. The van der Waals surface area contributed by atoms with E-state index in [4.69, 9.17) is 22.7 Å². The summed E-state index contributed by atoms with van der Waals surface area (Å²) in [6.45, 7) is 5.24. The molecular formula is C11H20N2O2S. The molecule has 0 aromatic rings. The first-order valence-corrected chi connectivity index (χ1v) is 6.08. The highest BCUT2D eigenvalue weighted by Crippen LogP contribution is 2.19. The lowest BCUT2D eigenvalue weighted by molar-refractivity contribution is -0.126. The van der Waals surface area contributed by atoms with Gasteiger partial charge in [0.1, 0.15) is 0 Å². The normalized spacial score (nSPS) is 27.1. The first-order valence-electron chi connectivity index (χ1n) is 5.67. The molecule has 3 N–H and O–H groups in total. The van der Waals surface area contributed by atoms with Crippen LogP contribution in [0, 0.1) is 5.92 Å². The topological polar surface area (TPSA) is 64.3 Å². The third-order valence-corrected chi connectivity index (χ3v) is 3.22. The number of nitrogens with two attached hydrogens (primary N) is 1. The fourth-order valence-electron chi connectivity index (χ4n) is 1.93. The van der Waals surface area contributed by atoms with Gasteiger partial charge >= 0.3 is 0 Å². The van der Waals surface area contributed by atoms with E-state index in [-0.39, 0.29) is 22.4 Å². The van der Waals surface area contributed by atoms with Gasteiger partial charge in [0.05, 0.1) is 23.1 Å². The average Bonchev–Trinajstić information content (AvgIpc) is 2.18. The van der Waals surface area contributed by atoms with Crippen molar-refractivity contribution in [3.05, 3.63) is 0 Å². The van der Waals surface area contributed by atoms with Gasteiger partial charge in [-0.05, 0) is 26.2 Å². The monoisotopic (exact) mass is 244 g/mol. The maximum absolute atomic E-state index is 12.0. The Hall–Kier alpha value is -0.680. The average molecular weight is 244 g/mol. The predicted octanol–water partition coefficient (Wildman–Crippen LogP) is 0.984. The van der Waals surface area contributed by atoms with Crippen LogP contribution in [-0.4, -0.2) is 29.6 Å². The number of hydrogen-bond acceptors (Lipinski definition) is 3. The minimum atomic E-state index is -0.367. The molecule has 0 aromatic carbocycles. The maximum Gasteiger partial charge on any atom is 0.230 e. The molecule has 0 aliphatic carbocycles. The Bertz CT molecular complexity index is 275. The van der Waals surface area contributed by atoms with Crippen molar-refractivity contribution < 1.29 is 9.53 Å². The van der Waals surface area contributed by atoms with Crippen molar-refractivity contribution in [2.75, 3.05) is 13.2 Å². The first-order chi connectivity index (χ1) is 7.48. The van der Waals surface area contributed by atoms with Crippen LogP contribution in [0.25, 0.3) is 0 Å². The SMILES string of the molecule is CCC(C(=O)NC1(C)CCCOC1)C(N)=S. The van der Waals surface area contributed by atoms with E-state index in [2.05, 4.69) is 5.32 Å². The molecule has 0 spiro atoms. The Morgan fingerprint density at radius 2 is 2.38 bits per heavy atom. The van der Waals surface area contributed by atoms with E-state index in [9.17, 15) is 4.79 Å². The molecule has 1 heterocycles. The van der Waals surface area contributed by atoms with Crippen molar-refractivity contribution in [1.82, 2.24) is 5.32 Å². The first kappa shape index (κ1) is 13.4. The van der Waals surface area contributed by atoms with Crippen LogP contribution in [0.15, 0.2) is 0 Å². The summed E-state index contributed by atoms with van der Waals surface area (Å²) >= 11 is 4.88. The summed E-state index contributed by atoms with van der Waals surface area (Å²) in [5.41, 5.74) is 5.27. The van der Waals surface area contributed by atoms with Crippen molar-refractivity contribution in [3.63, 3.8) is 0 Å². The molecular weight excluding hydrogens is 224 g/mol. The molecule has 2 atom stereocenters. The van der Waals surface area contributed by atoms with E-state index in [1.807, 2.05) is 13.8 Å². The summed E-state index contributed by atoms with van der Waals surface area (Å²) in [6, 6.07) is 0. The van der Waals surface area contributed by atoms with E-state index in [1.165, 1.54) is 0 Å². The van der Waals surface area contributed by atoms with Crippen molar-refractivity contribution >= 4 is 23.1 Å². The van der Waals surface area contributed by atoms with Gasteiger partial charge in [-0.15, -0.1) is 0 Å². The molecule has 92 valence electrons. The lowest BCUT2D eigenvalue weighted by Gasteiger charge is -2.35. The molecule has 1 aliphatic rings. The highest BCUT2D eigenvalue weighted by atomic mass is 32.1. The van der Waals surface area contributed by atoms with E-state index in [0.717, 1.165) is 19.4 Å². The Balaban J connectivity index is 2.58. The van der Waals surface area contributed by atoms with Crippen LogP contribution >= 0.6 is 12.2 Å². The van der Waals surface area contributed by atoms with Crippen molar-refractivity contribution in [2.45, 2.75) is 38.6 Å². The van der Waals surface area contributed by atoms with Gasteiger partial charge in [-0.25, -0.2) is 0 Å². The van der Waals surface area contributed by atoms with E-state index in [0.29, 0.717) is 13.0 Å². The van der Waals surface area contributed by atoms with Gasteiger partial charge in [0.25, 0.3) is 0 Å². The van der Waals surface area contributed by atoms with Gasteiger partial charge in [0, 0.05) is 6.61 Å². The molecule has 0 bridgehead atoms. The Labute approximate surface area is 102 Å². The summed E-state index contributed by atoms with van der Waals surface area (Å²) in [6.07, 6.45) is 2.55. The largest absolute Gasteiger partial charge is 0.393 e. The number of ether oxygens (including phenoxy) is 1. The number of rotatable bonds is 4. The van der Waals surface area contributed by atoms with E-state index >= 15 is 0 Å². The van der Waals surface area contributed by atoms with Crippen molar-refractivity contribution in [3.8, 4) is 0 Å². The number of carbonyl (C=O) groups is 1. The van der Waals surface area contributed by atoms with Crippen LogP contribution in [0.1, 0.15) is 33.1 Å². The zero-order chi connectivity index (χ0) is 12.2. The molecule has 4 nitrogen and oxygen atoms in total. The van der Waals surface area contributed by atoms with Crippen LogP contribution in [0.4, 0.5) is 0 Å². The number of carbonyl (C=O) groups excluding carboxylic acids is 1. The minimum absolute atomic E-state index is 0.0806. The molecule has 0 saturated carbocycles. The molecule has 1 amide bonds. The molecule has 2 unspecified atom stereocenters. The molecule has 16 heavy (non-hydrogen) atoms. The molecule has 1 aliphatic heterocycles. The molecule has 1 fully saturated rings. The predicted molar refractivity (Wildman–Crippen MR) is 67.2 cm³/mol. The van der Waals surface area contributed by atoms with Crippen LogP contribution in [0.5, 0.6) is 0 Å². The van der Waals surface area contributed by atoms with Gasteiger partial charge in [-0.3, -0.25) is 4.79 Å². The second-order valence-electron chi connectivity index (χ2n) is 4.57. The van der Waals surface area contributed by atoms with Crippen LogP contribution in [-0.2, 0) is 9.53 Å². The molecule has 5 heteroatoms. The van der Waals surface area contributed by atoms with Crippen LogP contribution in [0.3, 0.4) is 0 Å². The quantitative estimate of drug-likeness (QED) is 0.724. The van der Waals surface area contributed by atoms with Gasteiger partial charge in [-0.2, -0.15) is 0 Å². The molecule has 0 radical (unpaired) electrons. The highest BCUT2D eigenvalue weighted by molar-refractivity contribution is 7.80. The summed E-state index contributed by atoms with van der Waals surface area (Å²) in [5, 5.41) is 3.00. The summed E-state index contributed by atoms with van der Waals surface area (Å²) in [4.78, 5) is 12.2. The fraction of sp³-hybridized carbons (Fsp3) is 0.818. The van der Waals surface area contributed by atoms with Crippen molar-refractivity contribution in [1.29, 1.82) is 0 Å². The van der Waals surface area contributed by atoms with E-state index in [1.54, 1.807) is 0 Å². The second-order valence-corrected chi connectivity index (χ2v) is 5.04. The molecule has 1 rings (SSSR count). The fourth-order valence-corrected chi connectivity index (χ4v) is 2.21. The van der Waals surface area contributed by atoms with E-state index < -0.39 is 0 Å². The third kappa shape index (κ3) is 3.42. The van der Waals surface area contributed by atoms with Gasteiger partial charge < -0.3 is 15.8 Å². The zero-order valence-electron chi connectivity index (χ0n) is 9.91. The number of thiocarbonyl (C=S) groups is 1. The third-order valence-electron chi connectivity index (χ3n) is 2.93. The second kappa shape index (κ2) is 5.59.